The van der Waals surface area contributed by atoms with E-state index in [2.05, 4.69) is 37.3 Å². The molecule has 0 N–H and O–H groups in total. The predicted octanol–water partition coefficient (Wildman–Crippen LogP) is 4.43. The lowest BCUT2D eigenvalue weighted by Crippen LogP contribution is -2.15. The van der Waals surface area contributed by atoms with Crippen molar-refractivity contribution in [1.82, 2.24) is 29.3 Å². The molecule has 1 atom stereocenters. The highest BCUT2D eigenvalue weighted by Gasteiger charge is 2.29. The summed E-state index contributed by atoms with van der Waals surface area (Å²) in [4.78, 5) is 9.00. The lowest BCUT2D eigenvalue weighted by molar-refractivity contribution is 0.171. The molecule has 4 aromatic rings. The number of imidazole rings is 1. The second kappa shape index (κ2) is 8.75. The summed E-state index contributed by atoms with van der Waals surface area (Å²) in [6.07, 6.45) is 5.57. The summed E-state index contributed by atoms with van der Waals surface area (Å²) in [5.41, 5.74) is 3.15. The van der Waals surface area contributed by atoms with Crippen molar-refractivity contribution in [2.75, 3.05) is 24.7 Å². The van der Waals surface area contributed by atoms with Gasteiger partial charge in [0.2, 0.25) is 0 Å². The molecule has 0 saturated heterocycles. The van der Waals surface area contributed by atoms with Gasteiger partial charge < -0.3 is 14.0 Å². The minimum Gasteiger partial charge on any atom is -0.486 e. The number of fused-ring (bicyclic) bond motifs is 2. The van der Waals surface area contributed by atoms with E-state index >= 15 is 0 Å². The first kappa shape index (κ1) is 20.6. The molecule has 8 nitrogen and oxygen atoms in total. The van der Waals surface area contributed by atoms with Gasteiger partial charge >= 0.3 is 0 Å². The average molecular weight is 479 g/mol. The molecule has 0 bridgehead atoms. The molecular formula is C23H22N6O2S2. The van der Waals surface area contributed by atoms with Gasteiger partial charge in [-0.05, 0) is 37.3 Å². The van der Waals surface area contributed by atoms with Crippen LogP contribution in [0, 0.1) is 0 Å². The summed E-state index contributed by atoms with van der Waals surface area (Å²) in [5, 5.41) is 10.8. The average Bonchev–Trinajstić information content (AvgIpc) is 3.58. The van der Waals surface area contributed by atoms with Gasteiger partial charge in [-0.3, -0.25) is 9.55 Å². The monoisotopic (exact) mass is 478 g/mol. The molecule has 2 aliphatic rings. The molecule has 0 radical (unpaired) electrons. The number of aromatic nitrogens is 6. The summed E-state index contributed by atoms with van der Waals surface area (Å²) in [5.74, 6) is 4.35. The smallest absolute Gasteiger partial charge is 0.191 e. The van der Waals surface area contributed by atoms with Crippen LogP contribution in [0.5, 0.6) is 11.5 Å². The van der Waals surface area contributed by atoms with E-state index in [1.807, 2.05) is 36.7 Å². The Kier molecular flexibility index (Phi) is 5.47. The van der Waals surface area contributed by atoms with Gasteiger partial charge in [0.1, 0.15) is 13.2 Å². The Balaban J connectivity index is 1.24. The summed E-state index contributed by atoms with van der Waals surface area (Å²) in [6, 6.07) is 10.3. The van der Waals surface area contributed by atoms with Crippen molar-refractivity contribution in [3.63, 3.8) is 0 Å². The molecule has 1 unspecified atom stereocenters. The first-order valence-corrected chi connectivity index (χ1v) is 12.9. The Morgan fingerprint density at radius 1 is 1.09 bits per heavy atom. The van der Waals surface area contributed by atoms with Crippen LogP contribution in [0.2, 0.25) is 0 Å². The van der Waals surface area contributed by atoms with Crippen LogP contribution in [0.15, 0.2) is 59.2 Å². The number of hydrogen-bond acceptors (Lipinski definition) is 8. The zero-order valence-electron chi connectivity index (χ0n) is 18.0. The maximum absolute atomic E-state index is 5.77. The van der Waals surface area contributed by atoms with Crippen LogP contribution in [0.3, 0.4) is 0 Å². The van der Waals surface area contributed by atoms with E-state index in [0.29, 0.717) is 19.3 Å². The molecule has 6 rings (SSSR count). The Morgan fingerprint density at radius 3 is 2.85 bits per heavy atom. The minimum absolute atomic E-state index is 0.292. The fraction of sp³-hybridized carbons (Fsp3) is 0.304. The van der Waals surface area contributed by atoms with Crippen LogP contribution in [-0.4, -0.2) is 54.0 Å². The number of benzene rings is 1. The van der Waals surface area contributed by atoms with Gasteiger partial charge in [-0.25, -0.2) is 4.98 Å². The summed E-state index contributed by atoms with van der Waals surface area (Å²) >= 11 is 3.53. The Morgan fingerprint density at radius 2 is 2.00 bits per heavy atom. The summed E-state index contributed by atoms with van der Waals surface area (Å²) in [6.45, 7) is 4.16. The molecule has 2 aliphatic heterocycles. The van der Waals surface area contributed by atoms with Gasteiger partial charge in [-0.2, -0.15) is 0 Å². The zero-order valence-corrected chi connectivity index (χ0v) is 19.7. The molecule has 0 spiro atoms. The zero-order chi connectivity index (χ0) is 22.2. The molecule has 0 saturated carbocycles. The Bertz CT molecular complexity index is 1290. The van der Waals surface area contributed by atoms with Gasteiger partial charge in [-0.15, -0.1) is 10.2 Å². The van der Waals surface area contributed by atoms with E-state index in [1.165, 1.54) is 0 Å². The quantitative estimate of drug-likeness (QED) is 0.377. The van der Waals surface area contributed by atoms with E-state index in [-0.39, 0.29) is 0 Å². The highest BCUT2D eigenvalue weighted by molar-refractivity contribution is 8.00. The minimum atomic E-state index is 0.292. The van der Waals surface area contributed by atoms with E-state index < -0.39 is 0 Å². The van der Waals surface area contributed by atoms with Crippen LogP contribution in [0.4, 0.5) is 0 Å². The Hall–Kier alpha value is -2.98. The molecule has 5 heterocycles. The van der Waals surface area contributed by atoms with Crippen LogP contribution >= 0.6 is 23.5 Å². The lowest BCUT2D eigenvalue weighted by atomic mass is 10.1. The highest BCUT2D eigenvalue weighted by atomic mass is 32.2. The maximum Gasteiger partial charge on any atom is 0.191 e. The lowest BCUT2D eigenvalue weighted by Gasteiger charge is -2.19. The van der Waals surface area contributed by atoms with Gasteiger partial charge in [0.25, 0.3) is 0 Å². The number of pyridine rings is 1. The standard InChI is InChI=1S/C23H22N6O2S2/c1-2-28-18(15-5-6-19-20(10-15)31-9-8-30-19)12-25-22(28)32-13-17-14-33-23-27-26-21(29(17)23)16-4-3-7-24-11-16/h3-7,10-12,17H,2,8-9,13-14H2,1H3. The van der Waals surface area contributed by atoms with Crippen molar-refractivity contribution >= 4 is 23.5 Å². The van der Waals surface area contributed by atoms with Crippen LogP contribution in [-0.2, 0) is 6.54 Å². The third-order valence-electron chi connectivity index (χ3n) is 5.73. The summed E-state index contributed by atoms with van der Waals surface area (Å²) in [7, 11) is 0. The first-order valence-electron chi connectivity index (χ1n) is 10.9. The molecule has 168 valence electrons. The molecule has 0 amide bonds. The largest absolute Gasteiger partial charge is 0.486 e. The molecular weight excluding hydrogens is 456 g/mol. The van der Waals surface area contributed by atoms with Gasteiger partial charge in [0.15, 0.2) is 27.6 Å². The van der Waals surface area contributed by atoms with Crippen molar-refractivity contribution in [1.29, 1.82) is 0 Å². The van der Waals surface area contributed by atoms with Gasteiger partial charge in [0, 0.05) is 41.6 Å². The fourth-order valence-electron chi connectivity index (χ4n) is 4.15. The molecule has 10 heteroatoms. The van der Waals surface area contributed by atoms with Crippen molar-refractivity contribution in [2.24, 2.45) is 0 Å². The van der Waals surface area contributed by atoms with Crippen molar-refractivity contribution < 1.29 is 9.47 Å². The maximum atomic E-state index is 5.77. The Labute approximate surface area is 199 Å². The van der Waals surface area contributed by atoms with E-state index in [0.717, 1.165) is 62.5 Å². The third kappa shape index (κ3) is 3.76. The first-order chi connectivity index (χ1) is 16.3. The van der Waals surface area contributed by atoms with E-state index in [4.69, 9.17) is 14.5 Å². The topological polar surface area (TPSA) is 79.9 Å². The molecule has 3 aromatic heterocycles. The van der Waals surface area contributed by atoms with Crippen LogP contribution in [0.1, 0.15) is 13.0 Å². The second-order valence-electron chi connectivity index (χ2n) is 7.72. The highest BCUT2D eigenvalue weighted by Crippen LogP contribution is 2.40. The molecule has 1 aromatic carbocycles. The normalized spacial score (nSPS) is 16.7. The number of hydrogen-bond donors (Lipinski definition) is 0. The molecule has 33 heavy (non-hydrogen) atoms. The van der Waals surface area contributed by atoms with Crippen LogP contribution in [0.25, 0.3) is 22.6 Å². The number of nitrogens with zero attached hydrogens (tertiary/aromatic N) is 6. The fourth-order valence-corrected chi connectivity index (χ4v) is 6.50. The molecule has 0 fully saturated rings. The number of ether oxygens (including phenoxy) is 2. The summed E-state index contributed by atoms with van der Waals surface area (Å²) < 4.78 is 15.9. The van der Waals surface area contributed by atoms with E-state index in [9.17, 15) is 0 Å². The third-order valence-corrected chi connectivity index (χ3v) is 7.96. The van der Waals surface area contributed by atoms with E-state index in [1.54, 1.807) is 29.7 Å². The SMILES string of the molecule is CCn1c(-c2ccc3c(c2)OCCO3)cnc1SCC1CSc2nnc(-c3cccnc3)n21. The van der Waals surface area contributed by atoms with Crippen molar-refractivity contribution in [2.45, 2.75) is 29.8 Å². The molecule has 0 aliphatic carbocycles. The van der Waals surface area contributed by atoms with Crippen molar-refractivity contribution in [3.05, 3.63) is 48.9 Å². The second-order valence-corrected chi connectivity index (χ2v) is 9.70. The number of rotatable bonds is 6. The number of thioether (sulfide) groups is 2. The van der Waals surface area contributed by atoms with Crippen molar-refractivity contribution in [3.8, 4) is 34.1 Å². The predicted molar refractivity (Wildman–Crippen MR) is 128 cm³/mol. The van der Waals surface area contributed by atoms with Gasteiger partial charge in [-0.1, -0.05) is 23.5 Å². The van der Waals surface area contributed by atoms with Crippen LogP contribution < -0.4 is 9.47 Å². The van der Waals surface area contributed by atoms with Gasteiger partial charge in [0.05, 0.1) is 17.9 Å².